The molecule has 1 aliphatic carbocycles. The van der Waals surface area contributed by atoms with Crippen LogP contribution in [0.3, 0.4) is 0 Å². The number of rotatable bonds is 5. The minimum absolute atomic E-state index is 0.720. The van der Waals surface area contributed by atoms with Gasteiger partial charge >= 0.3 is 0 Å². The molecule has 0 radical (unpaired) electrons. The number of nitrogens with zero attached hydrogens (tertiary/aromatic N) is 1. The third kappa shape index (κ3) is 3.61. The minimum atomic E-state index is 0.720. The summed E-state index contributed by atoms with van der Waals surface area (Å²) in [4.78, 5) is 0. The molecule has 18 heavy (non-hydrogen) atoms. The monoisotopic (exact) mass is 248 g/mol. The summed E-state index contributed by atoms with van der Waals surface area (Å²) < 4.78 is 2.38. The number of nitrogens with one attached hydrogen (secondary N) is 1. The summed E-state index contributed by atoms with van der Waals surface area (Å²) in [6.07, 6.45) is 10.4. The van der Waals surface area contributed by atoms with Crippen molar-refractivity contribution in [1.29, 1.82) is 0 Å². The Hall–Kier alpha value is -0.760. The molecule has 1 fully saturated rings. The molecule has 2 heteroatoms. The Bertz CT molecular complexity index is 343. The van der Waals surface area contributed by atoms with Gasteiger partial charge in [-0.1, -0.05) is 33.1 Å². The second-order valence-electron chi connectivity index (χ2n) is 5.80. The van der Waals surface area contributed by atoms with E-state index in [-0.39, 0.29) is 0 Å². The van der Waals surface area contributed by atoms with Crippen molar-refractivity contribution in [2.75, 3.05) is 0 Å². The summed E-state index contributed by atoms with van der Waals surface area (Å²) in [7, 11) is 0. The first-order chi connectivity index (χ1) is 8.81. The molecule has 2 atom stereocenters. The van der Waals surface area contributed by atoms with Crippen LogP contribution in [0.1, 0.15) is 58.1 Å². The van der Waals surface area contributed by atoms with E-state index < -0.39 is 0 Å². The SMILES string of the molecule is CCCn1cccc1CNC1CCCCCC1C. The highest BCUT2D eigenvalue weighted by molar-refractivity contribution is 5.07. The molecule has 1 aromatic rings. The lowest BCUT2D eigenvalue weighted by Gasteiger charge is -2.23. The number of aromatic nitrogens is 1. The lowest BCUT2D eigenvalue weighted by Crippen LogP contribution is -2.34. The molecule has 2 rings (SSSR count). The maximum absolute atomic E-state index is 3.79. The van der Waals surface area contributed by atoms with Crippen LogP contribution in [0.2, 0.25) is 0 Å². The van der Waals surface area contributed by atoms with E-state index in [1.165, 1.54) is 44.2 Å². The number of hydrogen-bond acceptors (Lipinski definition) is 1. The van der Waals surface area contributed by atoms with Crippen molar-refractivity contribution in [3.8, 4) is 0 Å². The molecule has 0 aromatic carbocycles. The first kappa shape index (κ1) is 13.7. The second kappa shape index (κ2) is 6.98. The van der Waals surface area contributed by atoms with E-state index in [1.807, 2.05) is 0 Å². The van der Waals surface area contributed by atoms with Crippen LogP contribution in [-0.2, 0) is 13.1 Å². The highest BCUT2D eigenvalue weighted by Crippen LogP contribution is 2.23. The van der Waals surface area contributed by atoms with Crippen LogP contribution in [0.4, 0.5) is 0 Å². The van der Waals surface area contributed by atoms with Crippen LogP contribution >= 0.6 is 0 Å². The summed E-state index contributed by atoms with van der Waals surface area (Å²) in [5.41, 5.74) is 1.44. The second-order valence-corrected chi connectivity index (χ2v) is 5.80. The van der Waals surface area contributed by atoms with Crippen LogP contribution in [-0.4, -0.2) is 10.6 Å². The molecule has 1 aromatic heterocycles. The lowest BCUT2D eigenvalue weighted by molar-refractivity contribution is 0.352. The van der Waals surface area contributed by atoms with Crippen LogP contribution < -0.4 is 5.32 Å². The molecule has 1 aliphatic rings. The van der Waals surface area contributed by atoms with E-state index in [2.05, 4.69) is 42.1 Å². The van der Waals surface area contributed by atoms with Crippen molar-refractivity contribution >= 4 is 0 Å². The maximum Gasteiger partial charge on any atom is 0.0361 e. The van der Waals surface area contributed by atoms with E-state index in [9.17, 15) is 0 Å². The van der Waals surface area contributed by atoms with Gasteiger partial charge in [-0.15, -0.1) is 0 Å². The van der Waals surface area contributed by atoms with Gasteiger partial charge in [0.25, 0.3) is 0 Å². The van der Waals surface area contributed by atoms with Gasteiger partial charge in [0.2, 0.25) is 0 Å². The fraction of sp³-hybridized carbons (Fsp3) is 0.750. The normalized spacial score (nSPS) is 25.0. The molecule has 0 bridgehead atoms. The summed E-state index contributed by atoms with van der Waals surface area (Å²) in [5.74, 6) is 0.835. The van der Waals surface area contributed by atoms with Gasteiger partial charge in [0, 0.05) is 31.0 Å². The first-order valence-electron chi connectivity index (χ1n) is 7.68. The van der Waals surface area contributed by atoms with Gasteiger partial charge in [-0.3, -0.25) is 0 Å². The molecule has 0 amide bonds. The molecule has 102 valence electrons. The number of hydrogen-bond donors (Lipinski definition) is 1. The molecular weight excluding hydrogens is 220 g/mol. The Morgan fingerprint density at radius 3 is 2.94 bits per heavy atom. The molecule has 1 heterocycles. The van der Waals surface area contributed by atoms with Crippen molar-refractivity contribution in [3.63, 3.8) is 0 Å². The zero-order valence-electron chi connectivity index (χ0n) is 12.0. The number of aryl methyl sites for hydroxylation is 1. The van der Waals surface area contributed by atoms with Gasteiger partial charge in [0.05, 0.1) is 0 Å². The third-order valence-electron chi connectivity index (χ3n) is 4.29. The minimum Gasteiger partial charge on any atom is -0.350 e. The predicted octanol–water partition coefficient (Wildman–Crippen LogP) is 3.96. The molecule has 2 nitrogen and oxygen atoms in total. The van der Waals surface area contributed by atoms with Crippen LogP contribution in [0.15, 0.2) is 18.3 Å². The predicted molar refractivity (Wildman–Crippen MR) is 77.6 cm³/mol. The van der Waals surface area contributed by atoms with E-state index in [0.29, 0.717) is 0 Å². The van der Waals surface area contributed by atoms with Gasteiger partial charge in [0.1, 0.15) is 0 Å². The zero-order chi connectivity index (χ0) is 12.8. The molecule has 1 saturated carbocycles. The summed E-state index contributed by atoms with van der Waals surface area (Å²) in [5, 5.41) is 3.79. The molecule has 1 N–H and O–H groups in total. The fourth-order valence-electron chi connectivity index (χ4n) is 3.10. The molecule has 2 unspecified atom stereocenters. The fourth-order valence-corrected chi connectivity index (χ4v) is 3.10. The average molecular weight is 248 g/mol. The Balaban J connectivity index is 1.87. The van der Waals surface area contributed by atoms with Crippen LogP contribution in [0, 0.1) is 5.92 Å². The largest absolute Gasteiger partial charge is 0.350 e. The summed E-state index contributed by atoms with van der Waals surface area (Å²) in [6, 6.07) is 5.14. The Morgan fingerprint density at radius 1 is 1.28 bits per heavy atom. The van der Waals surface area contributed by atoms with Crippen molar-refractivity contribution in [2.24, 2.45) is 5.92 Å². The highest BCUT2D eigenvalue weighted by atomic mass is 15.0. The van der Waals surface area contributed by atoms with E-state index >= 15 is 0 Å². The van der Waals surface area contributed by atoms with E-state index in [1.54, 1.807) is 0 Å². The summed E-state index contributed by atoms with van der Waals surface area (Å²) >= 11 is 0. The standard InChI is InChI=1S/C16H28N2/c1-3-11-18-12-7-9-15(18)13-17-16-10-6-4-5-8-14(16)2/h7,9,12,14,16-17H,3-6,8,10-11,13H2,1-2H3. The van der Waals surface area contributed by atoms with Crippen LogP contribution in [0.25, 0.3) is 0 Å². The van der Waals surface area contributed by atoms with Gasteiger partial charge < -0.3 is 9.88 Å². The molecule has 0 spiro atoms. The smallest absolute Gasteiger partial charge is 0.0361 e. The molecular formula is C16H28N2. The Morgan fingerprint density at radius 2 is 2.11 bits per heavy atom. The van der Waals surface area contributed by atoms with Gasteiger partial charge in [-0.05, 0) is 37.3 Å². The maximum atomic E-state index is 3.79. The molecule has 0 aliphatic heterocycles. The Kier molecular flexibility index (Phi) is 5.30. The molecule has 0 saturated heterocycles. The third-order valence-corrected chi connectivity index (χ3v) is 4.29. The van der Waals surface area contributed by atoms with Crippen molar-refractivity contribution in [1.82, 2.24) is 9.88 Å². The van der Waals surface area contributed by atoms with Gasteiger partial charge in [-0.25, -0.2) is 0 Å². The summed E-state index contributed by atoms with van der Waals surface area (Å²) in [6.45, 7) is 6.82. The quantitative estimate of drug-likeness (QED) is 0.781. The van der Waals surface area contributed by atoms with Gasteiger partial charge in [0.15, 0.2) is 0 Å². The van der Waals surface area contributed by atoms with Gasteiger partial charge in [-0.2, -0.15) is 0 Å². The lowest BCUT2D eigenvalue weighted by atomic mass is 9.97. The Labute approximate surface area is 112 Å². The highest BCUT2D eigenvalue weighted by Gasteiger charge is 2.19. The van der Waals surface area contributed by atoms with Crippen molar-refractivity contribution in [2.45, 2.75) is 71.5 Å². The van der Waals surface area contributed by atoms with Crippen molar-refractivity contribution < 1.29 is 0 Å². The zero-order valence-corrected chi connectivity index (χ0v) is 12.0. The van der Waals surface area contributed by atoms with Crippen molar-refractivity contribution in [3.05, 3.63) is 24.0 Å². The topological polar surface area (TPSA) is 17.0 Å². The van der Waals surface area contributed by atoms with E-state index in [0.717, 1.165) is 25.0 Å². The average Bonchev–Trinajstić information content (AvgIpc) is 2.70. The van der Waals surface area contributed by atoms with E-state index in [4.69, 9.17) is 0 Å². The first-order valence-corrected chi connectivity index (χ1v) is 7.68. The van der Waals surface area contributed by atoms with Crippen LogP contribution in [0.5, 0.6) is 0 Å².